The minimum absolute atomic E-state index is 0.0210. The fourth-order valence-electron chi connectivity index (χ4n) is 7.55. The number of nitrogens with zero attached hydrogens (tertiary/aromatic N) is 2. The van der Waals surface area contributed by atoms with Crippen LogP contribution in [0.2, 0.25) is 0 Å². The molecule has 0 aliphatic heterocycles. The largest absolute Gasteiger partial charge is 0.323 e. The van der Waals surface area contributed by atoms with Crippen LogP contribution >= 0.6 is 0 Å². The Labute approximate surface area is 290 Å². The van der Waals surface area contributed by atoms with Gasteiger partial charge < -0.3 is 11.7 Å². The van der Waals surface area contributed by atoms with Gasteiger partial charge in [-0.15, -0.1) is 0 Å². The second-order valence-electron chi connectivity index (χ2n) is 12.4. The Bertz CT molecular complexity index is 2220. The van der Waals surface area contributed by atoms with Crippen LogP contribution in [0, 0.1) is 10.8 Å². The second kappa shape index (κ2) is 12.4. The van der Waals surface area contributed by atoms with Crippen LogP contribution in [-0.4, -0.2) is 48.8 Å². The van der Waals surface area contributed by atoms with Crippen LogP contribution in [0.4, 0.5) is 0 Å². The van der Waals surface area contributed by atoms with E-state index >= 15 is 0 Å². The van der Waals surface area contributed by atoms with E-state index in [1.54, 1.807) is 84.9 Å². The molecule has 0 heterocycles. The second-order valence-corrected chi connectivity index (χ2v) is 15.7. The van der Waals surface area contributed by atoms with E-state index in [0.717, 1.165) is 22.3 Å². The third-order valence-electron chi connectivity index (χ3n) is 10.1. The first-order chi connectivity index (χ1) is 23.7. The lowest BCUT2D eigenvalue weighted by atomic mass is 9.74. The Morgan fingerprint density at radius 3 is 1.30 bits per heavy atom. The number of benzene rings is 4. The summed E-state index contributed by atoms with van der Waals surface area (Å²) in [6.45, 7) is 3.82. The van der Waals surface area contributed by atoms with Gasteiger partial charge in [-0.25, -0.2) is 0 Å². The maximum atomic E-state index is 13.4. The summed E-state index contributed by atoms with van der Waals surface area (Å²) >= 11 is 0. The molecule has 4 aromatic rings. The molecule has 14 heteroatoms. The molecule has 4 aromatic carbocycles. The summed E-state index contributed by atoms with van der Waals surface area (Å²) in [4.78, 5) is 0. The molecule has 2 atom stereocenters. The summed E-state index contributed by atoms with van der Waals surface area (Å²) in [5, 5.41) is 24.6. The summed E-state index contributed by atoms with van der Waals surface area (Å²) in [6, 6.07) is 23.2. The number of aryl methyl sites for hydroxylation is 2. The maximum Gasteiger partial charge on any atom is 0.279 e. The molecule has 6 rings (SSSR count). The predicted molar refractivity (Wildman–Crippen MR) is 194 cm³/mol. The zero-order chi connectivity index (χ0) is 36.2. The van der Waals surface area contributed by atoms with E-state index in [9.17, 15) is 25.9 Å². The smallest absolute Gasteiger partial charge is 0.279 e. The number of hydrazone groups is 2. The highest BCUT2D eigenvalue weighted by atomic mass is 32.2. The van der Waals surface area contributed by atoms with Gasteiger partial charge in [-0.3, -0.25) is 19.9 Å². The Hall–Kier alpha value is -5.02. The third kappa shape index (κ3) is 5.01. The molecule has 8 N–H and O–H groups in total. The molecule has 0 amide bonds. The van der Waals surface area contributed by atoms with E-state index in [1.165, 1.54) is 0 Å². The monoisotopic (exact) mass is 712 g/mol. The van der Waals surface area contributed by atoms with Crippen molar-refractivity contribution in [3.05, 3.63) is 129 Å². The standard InChI is InChI=1S/C36H36N6O6S2/c1-3-21-17-23(35(49(43,44)45)19-31(41-39)33(37)27-9-5-7-11-29(27)35)13-15-25(21)26-16-14-24(18-22(26)4-2)36(50(46,47)48)20-32(42-40)34(38)28-10-6-8-12-30(28)36/h5-18,37-38H,3-4,19-20,39-40H2,1-2H3,(H,43,44,45)(H,46,47,48). The van der Waals surface area contributed by atoms with Gasteiger partial charge in [-0.2, -0.15) is 27.0 Å². The average molecular weight is 713 g/mol. The van der Waals surface area contributed by atoms with Crippen LogP contribution < -0.4 is 11.7 Å². The van der Waals surface area contributed by atoms with E-state index in [-0.39, 0.29) is 57.9 Å². The van der Waals surface area contributed by atoms with E-state index in [4.69, 9.17) is 22.5 Å². The van der Waals surface area contributed by atoms with Gasteiger partial charge in [0.1, 0.15) is 0 Å². The lowest BCUT2D eigenvalue weighted by Gasteiger charge is -2.38. The van der Waals surface area contributed by atoms with Crippen molar-refractivity contribution in [3.8, 4) is 11.1 Å². The highest BCUT2D eigenvalue weighted by molar-refractivity contribution is 7.87. The van der Waals surface area contributed by atoms with E-state index in [1.807, 2.05) is 13.8 Å². The van der Waals surface area contributed by atoms with Gasteiger partial charge in [0.15, 0.2) is 9.49 Å². The fraction of sp³-hybridized carbons (Fsp3) is 0.222. The molecule has 258 valence electrons. The summed E-state index contributed by atoms with van der Waals surface area (Å²) in [5.74, 6) is 11.3. The van der Waals surface area contributed by atoms with Gasteiger partial charge in [0.2, 0.25) is 0 Å². The summed E-state index contributed by atoms with van der Waals surface area (Å²) in [5.41, 5.74) is 4.64. The highest BCUT2D eigenvalue weighted by Gasteiger charge is 2.54. The van der Waals surface area contributed by atoms with Crippen molar-refractivity contribution in [2.24, 2.45) is 21.9 Å². The molecule has 0 saturated heterocycles. The first-order valence-corrected chi connectivity index (χ1v) is 18.7. The van der Waals surface area contributed by atoms with E-state index in [2.05, 4.69) is 10.2 Å². The van der Waals surface area contributed by atoms with Crippen molar-refractivity contribution in [3.63, 3.8) is 0 Å². The number of rotatable bonds is 7. The molecule has 0 bridgehead atoms. The minimum Gasteiger partial charge on any atom is -0.323 e. The van der Waals surface area contributed by atoms with Crippen LogP contribution in [0.15, 0.2) is 95.1 Å². The van der Waals surface area contributed by atoms with Gasteiger partial charge in [-0.05, 0) is 57.3 Å². The normalized spacial score (nSPS) is 22.4. The molecule has 2 aliphatic rings. The quantitative estimate of drug-likeness (QED) is 0.0873. The third-order valence-corrected chi connectivity index (χ3v) is 13.0. The van der Waals surface area contributed by atoms with Crippen LogP contribution in [-0.2, 0) is 42.6 Å². The van der Waals surface area contributed by atoms with Crippen molar-refractivity contribution in [1.82, 2.24) is 0 Å². The van der Waals surface area contributed by atoms with Crippen molar-refractivity contribution >= 4 is 43.1 Å². The topological polar surface area (TPSA) is 233 Å². The molecular weight excluding hydrogens is 677 g/mol. The van der Waals surface area contributed by atoms with Gasteiger partial charge in [-0.1, -0.05) is 98.8 Å². The molecule has 0 aromatic heterocycles. The molecule has 50 heavy (non-hydrogen) atoms. The van der Waals surface area contributed by atoms with Gasteiger partial charge >= 0.3 is 0 Å². The zero-order valence-corrected chi connectivity index (χ0v) is 28.9. The number of nitrogens with two attached hydrogens (primary N) is 2. The predicted octanol–water partition coefficient (Wildman–Crippen LogP) is 4.91. The van der Waals surface area contributed by atoms with Crippen LogP contribution in [0.3, 0.4) is 0 Å². The van der Waals surface area contributed by atoms with E-state index < -0.39 is 29.7 Å². The van der Waals surface area contributed by atoms with Crippen molar-refractivity contribution in [1.29, 1.82) is 10.8 Å². The Kier molecular flexibility index (Phi) is 8.63. The van der Waals surface area contributed by atoms with Gasteiger partial charge in [0, 0.05) is 24.0 Å². The van der Waals surface area contributed by atoms with Crippen LogP contribution in [0.25, 0.3) is 11.1 Å². The van der Waals surface area contributed by atoms with Crippen molar-refractivity contribution in [2.75, 3.05) is 0 Å². The van der Waals surface area contributed by atoms with Crippen LogP contribution in [0.5, 0.6) is 0 Å². The molecule has 0 spiro atoms. The van der Waals surface area contributed by atoms with Crippen molar-refractivity contribution < 1.29 is 25.9 Å². The molecule has 2 aliphatic carbocycles. The Morgan fingerprint density at radius 1 is 0.620 bits per heavy atom. The fourth-order valence-corrected chi connectivity index (χ4v) is 9.95. The lowest BCUT2D eigenvalue weighted by molar-refractivity contribution is 0.445. The van der Waals surface area contributed by atoms with Gasteiger partial charge in [0.25, 0.3) is 20.2 Å². The van der Waals surface area contributed by atoms with Crippen molar-refractivity contribution in [2.45, 2.75) is 49.0 Å². The zero-order valence-electron chi connectivity index (χ0n) is 27.3. The highest BCUT2D eigenvalue weighted by Crippen LogP contribution is 2.49. The van der Waals surface area contributed by atoms with Crippen LogP contribution in [0.1, 0.15) is 71.2 Å². The van der Waals surface area contributed by atoms with Gasteiger partial charge in [0.05, 0.1) is 22.8 Å². The summed E-state index contributed by atoms with van der Waals surface area (Å²) in [6.07, 6.45) is 0.234. The SMILES string of the molecule is CCc1cc(C2(S(=O)(=O)O)CC(=NN)C(=N)c3ccccc32)ccc1-c1ccc(C2(S(=O)(=O)O)CC(=NN)C(=N)c3ccccc32)cc1CC. The first kappa shape index (κ1) is 34.8. The van der Waals surface area contributed by atoms with E-state index in [0.29, 0.717) is 24.0 Å². The lowest BCUT2D eigenvalue weighted by Crippen LogP contribution is -2.46. The first-order valence-electron chi connectivity index (χ1n) is 15.8. The molecule has 0 fully saturated rings. The molecule has 12 nitrogen and oxygen atoms in total. The summed E-state index contributed by atoms with van der Waals surface area (Å²) < 4.78 is 71.6. The number of hydrogen-bond donors (Lipinski definition) is 6. The number of nitrogens with one attached hydrogen (secondary N) is 2. The number of hydrogen-bond acceptors (Lipinski definition) is 10. The maximum absolute atomic E-state index is 13.4. The summed E-state index contributed by atoms with van der Waals surface area (Å²) in [7, 11) is -9.71. The molecule has 0 radical (unpaired) electrons. The molecule has 2 unspecified atom stereocenters. The average Bonchev–Trinajstić information content (AvgIpc) is 3.11. The Balaban J connectivity index is 1.56. The minimum atomic E-state index is -4.86. The molecular formula is C36H36N6O6S2. The molecule has 0 saturated carbocycles. The number of fused-ring (bicyclic) bond motifs is 2. The Morgan fingerprint density at radius 2 is 0.980 bits per heavy atom.